The van der Waals surface area contributed by atoms with Crippen LogP contribution in [0, 0.1) is 0 Å². The first-order valence-electron chi connectivity index (χ1n) is 4.67. The van der Waals surface area contributed by atoms with Gasteiger partial charge < -0.3 is 5.73 Å². The number of fused-ring (bicyclic) bond motifs is 1. The summed E-state index contributed by atoms with van der Waals surface area (Å²) >= 11 is 1.68. The molecule has 0 atom stereocenters. The first-order valence-corrected chi connectivity index (χ1v) is 5.55. The predicted molar refractivity (Wildman–Crippen MR) is 66.1 cm³/mol. The van der Waals surface area contributed by atoms with E-state index in [-0.39, 0.29) is 0 Å². The van der Waals surface area contributed by atoms with Gasteiger partial charge in [0.1, 0.15) is 0 Å². The van der Waals surface area contributed by atoms with Gasteiger partial charge in [-0.2, -0.15) is 0 Å². The molecule has 2 N–H and O–H groups in total. The summed E-state index contributed by atoms with van der Waals surface area (Å²) in [6.07, 6.45) is 3.20. The monoisotopic (exact) mass is 230 g/mol. The molecule has 0 aliphatic carbocycles. The number of hydrogen-bond donors (Lipinski definition) is 1. The van der Waals surface area contributed by atoms with Gasteiger partial charge >= 0.3 is 0 Å². The van der Waals surface area contributed by atoms with Crippen molar-refractivity contribution in [3.63, 3.8) is 0 Å². The third kappa shape index (κ3) is 2.74. The fraction of sp³-hybridized carbons (Fsp3) is 0. The molecule has 2 heterocycles. The van der Waals surface area contributed by atoms with Crippen LogP contribution in [0.15, 0.2) is 48.2 Å². The molecule has 0 aliphatic heterocycles. The molecule has 5 heteroatoms. The Balaban J connectivity index is 0.000000125. The summed E-state index contributed by atoms with van der Waals surface area (Å²) in [5.74, 6) is 0.322. The minimum Gasteiger partial charge on any atom is -0.368 e. The highest BCUT2D eigenvalue weighted by molar-refractivity contribution is 7.16. The van der Waals surface area contributed by atoms with Crippen LogP contribution in [-0.2, 0) is 0 Å². The molecule has 0 bridgehead atoms. The number of benzene rings is 1. The molecule has 0 amide bonds. The van der Waals surface area contributed by atoms with Gasteiger partial charge in [0.05, 0.1) is 15.7 Å². The van der Waals surface area contributed by atoms with E-state index in [4.69, 9.17) is 5.73 Å². The van der Waals surface area contributed by atoms with E-state index in [0.29, 0.717) is 5.95 Å². The molecule has 2 aromatic heterocycles. The van der Waals surface area contributed by atoms with Crippen LogP contribution in [0.3, 0.4) is 0 Å². The lowest BCUT2D eigenvalue weighted by Gasteiger charge is -1.82. The second-order valence-electron chi connectivity index (χ2n) is 2.93. The summed E-state index contributed by atoms with van der Waals surface area (Å²) in [5, 5.41) is 0. The number of para-hydroxylation sites is 1. The van der Waals surface area contributed by atoms with Crippen LogP contribution in [0.1, 0.15) is 0 Å². The molecule has 0 saturated heterocycles. The average Bonchev–Trinajstić information content (AvgIpc) is 2.79. The lowest BCUT2D eigenvalue weighted by Crippen LogP contribution is -1.90. The van der Waals surface area contributed by atoms with E-state index in [1.807, 2.05) is 23.7 Å². The Labute approximate surface area is 96.8 Å². The van der Waals surface area contributed by atoms with Crippen LogP contribution in [0.5, 0.6) is 0 Å². The largest absolute Gasteiger partial charge is 0.368 e. The maximum Gasteiger partial charge on any atom is 0.219 e. The fourth-order valence-electron chi connectivity index (χ4n) is 1.11. The highest BCUT2D eigenvalue weighted by atomic mass is 32.1. The van der Waals surface area contributed by atoms with E-state index in [0.717, 1.165) is 5.52 Å². The number of thiazole rings is 1. The van der Waals surface area contributed by atoms with E-state index in [2.05, 4.69) is 21.0 Å². The molecule has 16 heavy (non-hydrogen) atoms. The summed E-state index contributed by atoms with van der Waals surface area (Å²) in [7, 11) is 0. The second-order valence-corrected chi connectivity index (χ2v) is 3.81. The Morgan fingerprint density at radius 3 is 2.31 bits per heavy atom. The van der Waals surface area contributed by atoms with Gasteiger partial charge in [-0.1, -0.05) is 12.1 Å². The number of nitrogen functional groups attached to an aromatic ring is 1. The number of nitrogens with zero attached hydrogens (tertiary/aromatic N) is 3. The molecule has 3 aromatic rings. The molecule has 4 nitrogen and oxygen atoms in total. The molecule has 0 spiro atoms. The standard InChI is InChI=1S/C7H5NS.C4H5N3/c1-2-4-7-6(3-1)8-5-9-7;5-4-6-2-1-3-7-4/h1-5H;1-3H,(H2,5,6,7). The van der Waals surface area contributed by atoms with Gasteiger partial charge in [-0.15, -0.1) is 11.3 Å². The Morgan fingerprint density at radius 2 is 1.69 bits per heavy atom. The van der Waals surface area contributed by atoms with E-state index >= 15 is 0 Å². The van der Waals surface area contributed by atoms with Gasteiger partial charge in [0, 0.05) is 12.4 Å². The summed E-state index contributed by atoms with van der Waals surface area (Å²) in [6, 6.07) is 9.85. The van der Waals surface area contributed by atoms with E-state index in [1.54, 1.807) is 29.8 Å². The van der Waals surface area contributed by atoms with E-state index in [1.165, 1.54) is 4.70 Å². The number of anilines is 1. The summed E-state index contributed by atoms with van der Waals surface area (Å²) in [5.41, 5.74) is 8.10. The first kappa shape index (κ1) is 10.5. The van der Waals surface area contributed by atoms with Crippen LogP contribution in [0.25, 0.3) is 10.2 Å². The van der Waals surface area contributed by atoms with Crippen LogP contribution < -0.4 is 5.73 Å². The zero-order valence-corrected chi connectivity index (χ0v) is 9.26. The lowest BCUT2D eigenvalue weighted by molar-refractivity contribution is 1.19. The van der Waals surface area contributed by atoms with Gasteiger partial charge in [-0.3, -0.25) is 0 Å². The molecular weight excluding hydrogens is 220 g/mol. The van der Waals surface area contributed by atoms with Gasteiger partial charge in [0.2, 0.25) is 5.95 Å². The number of hydrogen-bond acceptors (Lipinski definition) is 5. The Bertz CT molecular complexity index is 520. The highest BCUT2D eigenvalue weighted by Gasteiger charge is 1.89. The fourth-order valence-corrected chi connectivity index (χ4v) is 1.79. The maximum atomic E-state index is 5.14. The van der Waals surface area contributed by atoms with Crippen molar-refractivity contribution >= 4 is 27.5 Å². The van der Waals surface area contributed by atoms with Crippen LogP contribution in [0.4, 0.5) is 5.95 Å². The zero-order chi connectivity index (χ0) is 11.2. The molecule has 1 aromatic carbocycles. The number of rotatable bonds is 0. The predicted octanol–water partition coefficient (Wildman–Crippen LogP) is 2.36. The van der Waals surface area contributed by atoms with Crippen molar-refractivity contribution in [1.82, 2.24) is 15.0 Å². The van der Waals surface area contributed by atoms with Crippen molar-refractivity contribution in [1.29, 1.82) is 0 Å². The molecule has 3 rings (SSSR count). The highest BCUT2D eigenvalue weighted by Crippen LogP contribution is 2.15. The number of nitrogens with two attached hydrogens (primary N) is 1. The molecule has 0 saturated carbocycles. The molecule has 0 aliphatic rings. The molecule has 0 unspecified atom stereocenters. The minimum atomic E-state index is 0.322. The van der Waals surface area contributed by atoms with Gasteiger partial charge in [-0.25, -0.2) is 15.0 Å². The molecular formula is C11H10N4S. The Morgan fingerprint density at radius 1 is 0.938 bits per heavy atom. The summed E-state index contributed by atoms with van der Waals surface area (Å²) < 4.78 is 1.26. The van der Waals surface area contributed by atoms with Crippen molar-refractivity contribution in [3.05, 3.63) is 48.2 Å². The first-order chi connectivity index (χ1) is 7.86. The van der Waals surface area contributed by atoms with Crippen molar-refractivity contribution in [3.8, 4) is 0 Å². The van der Waals surface area contributed by atoms with Crippen LogP contribution >= 0.6 is 11.3 Å². The molecule has 0 radical (unpaired) electrons. The Kier molecular flexibility index (Phi) is 3.40. The smallest absolute Gasteiger partial charge is 0.219 e. The van der Waals surface area contributed by atoms with Gasteiger partial charge in [0.25, 0.3) is 0 Å². The summed E-state index contributed by atoms with van der Waals surface area (Å²) in [4.78, 5) is 11.4. The van der Waals surface area contributed by atoms with Crippen molar-refractivity contribution in [2.75, 3.05) is 5.73 Å². The van der Waals surface area contributed by atoms with Crippen LogP contribution in [0.2, 0.25) is 0 Å². The van der Waals surface area contributed by atoms with Crippen molar-refractivity contribution in [2.45, 2.75) is 0 Å². The topological polar surface area (TPSA) is 64.7 Å². The van der Waals surface area contributed by atoms with Crippen molar-refractivity contribution < 1.29 is 0 Å². The summed E-state index contributed by atoms with van der Waals surface area (Å²) in [6.45, 7) is 0. The Hall–Kier alpha value is -2.01. The van der Waals surface area contributed by atoms with E-state index < -0.39 is 0 Å². The SMILES string of the molecule is Nc1ncccn1.c1ccc2scnc2c1. The third-order valence-electron chi connectivity index (χ3n) is 1.82. The second kappa shape index (κ2) is 5.18. The molecule has 0 fully saturated rings. The quantitative estimate of drug-likeness (QED) is 0.644. The number of aromatic nitrogens is 3. The lowest BCUT2D eigenvalue weighted by atomic mass is 10.3. The average molecular weight is 230 g/mol. The van der Waals surface area contributed by atoms with Crippen molar-refractivity contribution in [2.24, 2.45) is 0 Å². The minimum absolute atomic E-state index is 0.322. The normalized spacial score (nSPS) is 9.50. The van der Waals surface area contributed by atoms with E-state index in [9.17, 15) is 0 Å². The van der Waals surface area contributed by atoms with Gasteiger partial charge in [0.15, 0.2) is 0 Å². The third-order valence-corrected chi connectivity index (χ3v) is 2.63. The zero-order valence-electron chi connectivity index (χ0n) is 8.45. The van der Waals surface area contributed by atoms with Gasteiger partial charge in [-0.05, 0) is 18.2 Å². The maximum absolute atomic E-state index is 5.14. The van der Waals surface area contributed by atoms with Crippen LogP contribution in [-0.4, -0.2) is 15.0 Å². The molecule has 80 valence electrons.